The van der Waals surface area contributed by atoms with Crippen LogP contribution in [0.25, 0.3) is 0 Å². The monoisotopic (exact) mass is 345 g/mol. The van der Waals surface area contributed by atoms with E-state index in [1.54, 1.807) is 13.1 Å². The molecular weight excluding hydrogens is 322 g/mol. The minimum atomic E-state index is -0.0937. The minimum Gasteiger partial charge on any atom is -0.341 e. The van der Waals surface area contributed by atoms with Gasteiger partial charge in [0.2, 0.25) is 5.91 Å². The largest absolute Gasteiger partial charge is 0.341 e. The lowest BCUT2D eigenvalue weighted by Crippen LogP contribution is -2.46. The highest BCUT2D eigenvalue weighted by molar-refractivity contribution is 7.12. The molecule has 22 heavy (non-hydrogen) atoms. The van der Waals surface area contributed by atoms with Gasteiger partial charge in [0.05, 0.1) is 11.4 Å². The lowest BCUT2D eigenvalue weighted by molar-refractivity contribution is -0.133. The summed E-state index contributed by atoms with van der Waals surface area (Å²) in [5.74, 6) is 0.425. The van der Waals surface area contributed by atoms with Gasteiger partial charge < -0.3 is 15.5 Å². The van der Waals surface area contributed by atoms with E-state index in [2.05, 4.69) is 0 Å². The van der Waals surface area contributed by atoms with E-state index in [-0.39, 0.29) is 36.8 Å². The summed E-state index contributed by atoms with van der Waals surface area (Å²) >= 11 is 1.40. The normalized spacial score (nSPS) is 16.8. The van der Waals surface area contributed by atoms with Crippen LogP contribution in [0.5, 0.6) is 0 Å². The van der Waals surface area contributed by atoms with Crippen molar-refractivity contribution in [1.29, 1.82) is 0 Å². The van der Waals surface area contributed by atoms with Gasteiger partial charge in [0.1, 0.15) is 0 Å². The van der Waals surface area contributed by atoms with Gasteiger partial charge in [-0.3, -0.25) is 9.59 Å². The molecule has 1 fully saturated rings. The smallest absolute Gasteiger partial charge is 0.264 e. The molecule has 124 valence electrons. The van der Waals surface area contributed by atoms with Crippen LogP contribution in [0, 0.1) is 5.92 Å². The summed E-state index contributed by atoms with van der Waals surface area (Å²) in [6, 6.07) is 3.80. The molecule has 0 bridgehead atoms. The maximum absolute atomic E-state index is 12.3. The van der Waals surface area contributed by atoms with Gasteiger partial charge in [-0.25, -0.2) is 0 Å². The highest BCUT2D eigenvalue weighted by Crippen LogP contribution is 2.19. The Morgan fingerprint density at radius 2 is 2.09 bits per heavy atom. The van der Waals surface area contributed by atoms with E-state index in [1.165, 1.54) is 16.2 Å². The highest BCUT2D eigenvalue weighted by Gasteiger charge is 2.26. The number of carbonyl (C=O) groups is 2. The summed E-state index contributed by atoms with van der Waals surface area (Å²) in [7, 11) is 1.68. The molecule has 1 aromatic rings. The molecule has 1 unspecified atom stereocenters. The molecule has 0 radical (unpaired) electrons. The SMILES string of the molecule is CC(N)C1CCN(C(=O)CN(C)C(=O)c2cccs2)CC1.Cl. The van der Waals surface area contributed by atoms with Gasteiger partial charge in [-0.1, -0.05) is 6.07 Å². The Hall–Kier alpha value is -1.11. The lowest BCUT2D eigenvalue weighted by atomic mass is 9.91. The molecule has 2 rings (SSSR count). The molecule has 7 heteroatoms. The Morgan fingerprint density at radius 3 is 2.59 bits per heavy atom. The third-order valence-electron chi connectivity index (χ3n) is 4.09. The van der Waals surface area contributed by atoms with Crippen LogP contribution in [0.1, 0.15) is 29.4 Å². The molecular formula is C15H24ClN3O2S. The van der Waals surface area contributed by atoms with Crippen LogP contribution in [0.2, 0.25) is 0 Å². The Bertz CT molecular complexity index is 485. The second-order valence-corrected chi connectivity index (χ2v) is 6.66. The predicted molar refractivity (Wildman–Crippen MR) is 91.5 cm³/mol. The molecule has 0 saturated carbocycles. The number of likely N-dealkylation sites (tertiary alicyclic amines) is 1. The third-order valence-corrected chi connectivity index (χ3v) is 4.94. The van der Waals surface area contributed by atoms with Crippen molar-refractivity contribution in [2.45, 2.75) is 25.8 Å². The van der Waals surface area contributed by atoms with E-state index in [0.29, 0.717) is 10.8 Å². The molecule has 0 spiro atoms. The zero-order chi connectivity index (χ0) is 15.4. The van der Waals surface area contributed by atoms with E-state index in [0.717, 1.165) is 25.9 Å². The fourth-order valence-corrected chi connectivity index (χ4v) is 3.36. The van der Waals surface area contributed by atoms with Crippen LogP contribution in [-0.2, 0) is 4.79 Å². The fraction of sp³-hybridized carbons (Fsp3) is 0.600. The summed E-state index contributed by atoms with van der Waals surface area (Å²) in [6.45, 7) is 3.65. The number of halogens is 1. The third kappa shape index (κ3) is 4.69. The van der Waals surface area contributed by atoms with Crippen molar-refractivity contribution < 1.29 is 9.59 Å². The number of thiophene rings is 1. The van der Waals surface area contributed by atoms with Gasteiger partial charge in [-0.15, -0.1) is 23.7 Å². The molecule has 5 nitrogen and oxygen atoms in total. The van der Waals surface area contributed by atoms with Crippen LogP contribution < -0.4 is 5.73 Å². The second-order valence-electron chi connectivity index (χ2n) is 5.72. The molecule has 2 heterocycles. The van der Waals surface area contributed by atoms with E-state index < -0.39 is 0 Å². The maximum Gasteiger partial charge on any atom is 0.264 e. The Kier molecular flexibility index (Phi) is 7.32. The average molecular weight is 346 g/mol. The number of hydrogen-bond donors (Lipinski definition) is 1. The molecule has 1 atom stereocenters. The predicted octanol–water partition coefficient (Wildman–Crippen LogP) is 1.83. The molecule has 1 aromatic heterocycles. The topological polar surface area (TPSA) is 66.6 Å². The zero-order valence-electron chi connectivity index (χ0n) is 13.0. The van der Waals surface area contributed by atoms with Crippen molar-refractivity contribution in [3.05, 3.63) is 22.4 Å². The highest BCUT2D eigenvalue weighted by atomic mass is 35.5. The molecule has 1 saturated heterocycles. The Balaban J connectivity index is 0.00000242. The van der Waals surface area contributed by atoms with Crippen molar-refractivity contribution in [2.24, 2.45) is 11.7 Å². The standard InChI is InChI=1S/C15H23N3O2S.ClH/c1-11(16)12-5-7-18(8-6-12)14(19)10-17(2)15(20)13-4-3-9-21-13;/h3-4,9,11-12H,5-8,10,16H2,1-2H3;1H. The number of nitrogens with zero attached hydrogens (tertiary/aromatic N) is 2. The first-order chi connectivity index (χ1) is 9.99. The number of rotatable bonds is 4. The zero-order valence-corrected chi connectivity index (χ0v) is 14.7. The van der Waals surface area contributed by atoms with Crippen LogP contribution in [0.3, 0.4) is 0 Å². The summed E-state index contributed by atoms with van der Waals surface area (Å²) in [5.41, 5.74) is 5.91. The number of likely N-dealkylation sites (N-methyl/N-ethyl adjacent to an activating group) is 1. The van der Waals surface area contributed by atoms with Crippen LogP contribution >= 0.6 is 23.7 Å². The van der Waals surface area contributed by atoms with Gasteiger partial charge in [0, 0.05) is 26.2 Å². The van der Waals surface area contributed by atoms with Gasteiger partial charge >= 0.3 is 0 Å². The van der Waals surface area contributed by atoms with Crippen molar-refractivity contribution in [2.75, 3.05) is 26.7 Å². The van der Waals surface area contributed by atoms with E-state index >= 15 is 0 Å². The molecule has 1 aliphatic rings. The second kappa shape index (κ2) is 8.50. The number of carbonyl (C=O) groups excluding carboxylic acids is 2. The van der Waals surface area contributed by atoms with Crippen LogP contribution in [0.15, 0.2) is 17.5 Å². The molecule has 1 aliphatic heterocycles. The summed E-state index contributed by atoms with van der Waals surface area (Å²) in [4.78, 5) is 28.4. The van der Waals surface area contributed by atoms with Crippen LogP contribution in [0.4, 0.5) is 0 Å². The van der Waals surface area contributed by atoms with Crippen molar-refractivity contribution in [3.8, 4) is 0 Å². The van der Waals surface area contributed by atoms with E-state index in [1.807, 2.05) is 23.3 Å². The quantitative estimate of drug-likeness (QED) is 0.905. The number of hydrogen-bond acceptors (Lipinski definition) is 4. The van der Waals surface area contributed by atoms with Crippen molar-refractivity contribution in [3.63, 3.8) is 0 Å². The molecule has 0 aromatic carbocycles. The van der Waals surface area contributed by atoms with Gasteiger partial charge in [-0.05, 0) is 37.1 Å². The van der Waals surface area contributed by atoms with Gasteiger partial charge in [0.25, 0.3) is 5.91 Å². The first kappa shape index (κ1) is 18.9. The number of piperidine rings is 1. The van der Waals surface area contributed by atoms with Crippen LogP contribution in [-0.4, -0.2) is 54.3 Å². The average Bonchev–Trinajstić information content (AvgIpc) is 3.00. The maximum atomic E-state index is 12.3. The number of amides is 2. The van der Waals surface area contributed by atoms with Gasteiger partial charge in [-0.2, -0.15) is 0 Å². The summed E-state index contributed by atoms with van der Waals surface area (Å²) in [5, 5.41) is 1.86. The lowest BCUT2D eigenvalue weighted by Gasteiger charge is -2.34. The summed E-state index contributed by atoms with van der Waals surface area (Å²) < 4.78 is 0. The minimum absolute atomic E-state index is 0. The first-order valence-electron chi connectivity index (χ1n) is 7.31. The van der Waals surface area contributed by atoms with E-state index in [4.69, 9.17) is 5.73 Å². The molecule has 0 aliphatic carbocycles. The molecule has 2 N–H and O–H groups in total. The van der Waals surface area contributed by atoms with Crippen molar-refractivity contribution >= 4 is 35.6 Å². The first-order valence-corrected chi connectivity index (χ1v) is 8.19. The Labute approximate surface area is 141 Å². The number of nitrogens with two attached hydrogens (primary N) is 1. The van der Waals surface area contributed by atoms with Gasteiger partial charge in [0.15, 0.2) is 0 Å². The fourth-order valence-electron chi connectivity index (χ4n) is 2.64. The summed E-state index contributed by atoms with van der Waals surface area (Å²) in [6.07, 6.45) is 1.90. The Morgan fingerprint density at radius 1 is 1.45 bits per heavy atom. The molecule has 2 amide bonds. The van der Waals surface area contributed by atoms with E-state index in [9.17, 15) is 9.59 Å². The van der Waals surface area contributed by atoms with Crippen molar-refractivity contribution in [1.82, 2.24) is 9.80 Å².